The van der Waals surface area contributed by atoms with Crippen LogP contribution in [0.2, 0.25) is 0 Å². The molecule has 1 aromatic carbocycles. The van der Waals surface area contributed by atoms with Crippen molar-refractivity contribution in [2.24, 2.45) is 5.92 Å². The van der Waals surface area contributed by atoms with Crippen LogP contribution in [0, 0.1) is 12.8 Å². The highest BCUT2D eigenvalue weighted by Crippen LogP contribution is 2.23. The Morgan fingerprint density at radius 3 is 2.72 bits per heavy atom. The maximum atomic E-state index is 5.72. The Hall–Kier alpha value is -1.02. The Kier molecular flexibility index (Phi) is 5.06. The zero-order valence-corrected chi connectivity index (χ0v) is 11.6. The third kappa shape index (κ3) is 4.34. The van der Waals surface area contributed by atoms with Gasteiger partial charge in [-0.15, -0.1) is 0 Å². The molecule has 1 saturated carbocycles. The molecule has 2 heteroatoms. The summed E-state index contributed by atoms with van der Waals surface area (Å²) < 4.78 is 5.72. The van der Waals surface area contributed by atoms with Gasteiger partial charge in [-0.1, -0.05) is 37.5 Å². The van der Waals surface area contributed by atoms with Gasteiger partial charge in [-0.2, -0.15) is 0 Å². The third-order valence-electron chi connectivity index (χ3n) is 3.76. The molecule has 1 N–H and O–H groups in total. The van der Waals surface area contributed by atoms with Crippen LogP contribution in [0.25, 0.3) is 0 Å². The van der Waals surface area contributed by atoms with Crippen LogP contribution in [0.1, 0.15) is 38.2 Å². The number of hydrogen-bond donors (Lipinski definition) is 1. The van der Waals surface area contributed by atoms with Crippen molar-refractivity contribution < 1.29 is 4.74 Å². The quantitative estimate of drug-likeness (QED) is 0.804. The van der Waals surface area contributed by atoms with Crippen molar-refractivity contribution in [2.75, 3.05) is 13.2 Å². The molecule has 0 aliphatic heterocycles. The molecule has 100 valence electrons. The van der Waals surface area contributed by atoms with Crippen LogP contribution in [0.5, 0.6) is 5.75 Å². The summed E-state index contributed by atoms with van der Waals surface area (Å²) in [5, 5.41) is 3.61. The Labute approximate surface area is 111 Å². The van der Waals surface area contributed by atoms with Crippen molar-refractivity contribution in [3.8, 4) is 5.75 Å². The molecule has 2 rings (SSSR count). The van der Waals surface area contributed by atoms with Gasteiger partial charge in [0, 0.05) is 12.6 Å². The van der Waals surface area contributed by atoms with Crippen molar-refractivity contribution in [3.63, 3.8) is 0 Å². The van der Waals surface area contributed by atoms with Gasteiger partial charge in [0.2, 0.25) is 0 Å². The van der Waals surface area contributed by atoms with E-state index in [2.05, 4.69) is 31.3 Å². The second kappa shape index (κ2) is 6.79. The number of aryl methyl sites for hydroxylation is 1. The zero-order chi connectivity index (χ0) is 12.8. The van der Waals surface area contributed by atoms with E-state index in [-0.39, 0.29) is 0 Å². The lowest BCUT2D eigenvalue weighted by atomic mass is 9.87. The highest BCUT2D eigenvalue weighted by molar-refractivity contribution is 5.26. The average molecular weight is 247 g/mol. The van der Waals surface area contributed by atoms with Crippen molar-refractivity contribution in [2.45, 2.75) is 45.6 Å². The summed E-state index contributed by atoms with van der Waals surface area (Å²) in [5.74, 6) is 1.86. The Morgan fingerprint density at radius 1 is 1.22 bits per heavy atom. The van der Waals surface area contributed by atoms with Gasteiger partial charge in [0.05, 0.1) is 0 Å². The van der Waals surface area contributed by atoms with Crippen molar-refractivity contribution in [3.05, 3.63) is 29.8 Å². The number of ether oxygens (including phenoxy) is 1. The first-order chi connectivity index (χ1) is 8.74. The second-order valence-corrected chi connectivity index (χ2v) is 5.58. The van der Waals surface area contributed by atoms with E-state index in [1.54, 1.807) is 0 Å². The number of benzene rings is 1. The highest BCUT2D eigenvalue weighted by Gasteiger charge is 2.17. The van der Waals surface area contributed by atoms with Gasteiger partial charge in [-0.05, 0) is 37.8 Å². The molecule has 2 nitrogen and oxygen atoms in total. The lowest BCUT2D eigenvalue weighted by Crippen LogP contribution is -2.36. The van der Waals surface area contributed by atoms with Crippen molar-refractivity contribution in [1.82, 2.24) is 5.32 Å². The van der Waals surface area contributed by atoms with Crippen LogP contribution in [0.3, 0.4) is 0 Å². The molecule has 1 aliphatic carbocycles. The standard InChI is InChI=1S/C16H25NO/c1-13-6-8-16(9-7-13)18-11-10-17-15-5-3-4-14(2)12-15/h6-9,14-15,17H,3-5,10-12H2,1-2H3. The molecule has 18 heavy (non-hydrogen) atoms. The van der Waals surface area contributed by atoms with Gasteiger partial charge < -0.3 is 10.1 Å². The van der Waals surface area contributed by atoms with Gasteiger partial charge >= 0.3 is 0 Å². The molecule has 1 fully saturated rings. The molecule has 1 aromatic rings. The fourth-order valence-corrected chi connectivity index (χ4v) is 2.69. The monoisotopic (exact) mass is 247 g/mol. The normalized spacial score (nSPS) is 23.9. The molecule has 0 bridgehead atoms. The fourth-order valence-electron chi connectivity index (χ4n) is 2.69. The first-order valence-electron chi connectivity index (χ1n) is 7.17. The van der Waals surface area contributed by atoms with E-state index < -0.39 is 0 Å². The molecule has 0 heterocycles. The fraction of sp³-hybridized carbons (Fsp3) is 0.625. The van der Waals surface area contributed by atoms with Crippen LogP contribution >= 0.6 is 0 Å². The first-order valence-corrected chi connectivity index (χ1v) is 7.17. The predicted octanol–water partition coefficient (Wildman–Crippen LogP) is 3.54. The summed E-state index contributed by atoms with van der Waals surface area (Å²) in [5.41, 5.74) is 1.27. The minimum atomic E-state index is 0.704. The maximum Gasteiger partial charge on any atom is 0.119 e. The summed E-state index contributed by atoms with van der Waals surface area (Å²) in [6.07, 6.45) is 5.43. The van der Waals surface area contributed by atoms with E-state index in [0.717, 1.165) is 24.8 Å². The lowest BCUT2D eigenvalue weighted by molar-refractivity contribution is 0.266. The second-order valence-electron chi connectivity index (χ2n) is 5.58. The van der Waals surface area contributed by atoms with Gasteiger partial charge in [0.1, 0.15) is 12.4 Å². The van der Waals surface area contributed by atoms with E-state index in [1.807, 2.05) is 12.1 Å². The molecule has 0 saturated heterocycles. The van der Waals surface area contributed by atoms with Gasteiger partial charge in [-0.25, -0.2) is 0 Å². The van der Waals surface area contributed by atoms with Crippen LogP contribution < -0.4 is 10.1 Å². The maximum absolute atomic E-state index is 5.72. The predicted molar refractivity (Wildman–Crippen MR) is 76.1 cm³/mol. The third-order valence-corrected chi connectivity index (χ3v) is 3.76. The SMILES string of the molecule is Cc1ccc(OCCNC2CCCC(C)C2)cc1. The molecule has 2 atom stereocenters. The molecule has 0 radical (unpaired) electrons. The van der Waals surface area contributed by atoms with E-state index in [4.69, 9.17) is 4.74 Å². The Bertz CT molecular complexity index is 347. The van der Waals surface area contributed by atoms with E-state index >= 15 is 0 Å². The van der Waals surface area contributed by atoms with E-state index in [0.29, 0.717) is 6.04 Å². The largest absolute Gasteiger partial charge is 0.492 e. The Balaban J connectivity index is 1.62. The summed E-state index contributed by atoms with van der Waals surface area (Å²) in [6.45, 7) is 6.16. The van der Waals surface area contributed by atoms with Crippen LogP contribution in [-0.2, 0) is 0 Å². The molecular weight excluding hydrogens is 222 g/mol. The van der Waals surface area contributed by atoms with Gasteiger partial charge in [0.15, 0.2) is 0 Å². The molecule has 1 aliphatic rings. The summed E-state index contributed by atoms with van der Waals surface area (Å²) in [6, 6.07) is 8.96. The number of hydrogen-bond acceptors (Lipinski definition) is 2. The van der Waals surface area contributed by atoms with Crippen LogP contribution in [0.15, 0.2) is 24.3 Å². The molecule has 0 aromatic heterocycles. The Morgan fingerprint density at radius 2 is 2.00 bits per heavy atom. The molecule has 0 amide bonds. The topological polar surface area (TPSA) is 21.3 Å². The lowest BCUT2D eigenvalue weighted by Gasteiger charge is -2.27. The summed E-state index contributed by atoms with van der Waals surface area (Å²) >= 11 is 0. The minimum Gasteiger partial charge on any atom is -0.492 e. The molecular formula is C16H25NO. The number of nitrogens with one attached hydrogen (secondary N) is 1. The minimum absolute atomic E-state index is 0.704. The molecule has 2 unspecified atom stereocenters. The first kappa shape index (κ1) is 13.4. The van der Waals surface area contributed by atoms with E-state index in [1.165, 1.54) is 31.2 Å². The van der Waals surface area contributed by atoms with Crippen LogP contribution in [0.4, 0.5) is 0 Å². The van der Waals surface area contributed by atoms with Crippen molar-refractivity contribution in [1.29, 1.82) is 0 Å². The summed E-state index contributed by atoms with van der Waals surface area (Å²) in [7, 11) is 0. The number of rotatable bonds is 5. The van der Waals surface area contributed by atoms with Gasteiger partial charge in [0.25, 0.3) is 0 Å². The zero-order valence-electron chi connectivity index (χ0n) is 11.6. The highest BCUT2D eigenvalue weighted by atomic mass is 16.5. The summed E-state index contributed by atoms with van der Waals surface area (Å²) in [4.78, 5) is 0. The van der Waals surface area contributed by atoms with Crippen LogP contribution in [-0.4, -0.2) is 19.2 Å². The average Bonchev–Trinajstić information content (AvgIpc) is 2.37. The van der Waals surface area contributed by atoms with Crippen molar-refractivity contribution >= 4 is 0 Å². The molecule has 0 spiro atoms. The van der Waals surface area contributed by atoms with E-state index in [9.17, 15) is 0 Å². The van der Waals surface area contributed by atoms with Gasteiger partial charge in [-0.3, -0.25) is 0 Å². The smallest absolute Gasteiger partial charge is 0.119 e.